The van der Waals surface area contributed by atoms with E-state index in [1.165, 1.54) is 51.6 Å². The average molecular weight is 199 g/mol. The van der Waals surface area contributed by atoms with E-state index in [1.807, 2.05) is 0 Å². The lowest BCUT2D eigenvalue weighted by Gasteiger charge is -2.42. The highest BCUT2D eigenvalue weighted by Crippen LogP contribution is 2.43. The summed E-state index contributed by atoms with van der Waals surface area (Å²) in [7, 11) is 1.80. The molecule has 84 valence electrons. The molecule has 1 fully saturated rings. The van der Waals surface area contributed by atoms with Gasteiger partial charge in [-0.15, -0.1) is 0 Å². The minimum absolute atomic E-state index is 0.587. The van der Waals surface area contributed by atoms with Crippen molar-refractivity contribution in [1.82, 2.24) is 5.32 Å². The highest BCUT2D eigenvalue weighted by Gasteiger charge is 2.35. The standard InChI is InChI=1S/C12H25NO/c1-3-4-9-13-11-12(6-5-7-12)8-10-14-2/h13H,3-11H2,1-2H3. The van der Waals surface area contributed by atoms with Gasteiger partial charge in [0.05, 0.1) is 0 Å². The lowest BCUT2D eigenvalue weighted by molar-refractivity contribution is 0.0693. The third kappa shape index (κ3) is 3.58. The van der Waals surface area contributed by atoms with Crippen LogP contribution in [-0.4, -0.2) is 26.8 Å². The van der Waals surface area contributed by atoms with Crippen LogP contribution in [0.1, 0.15) is 45.4 Å². The average Bonchev–Trinajstić information content (AvgIpc) is 2.15. The van der Waals surface area contributed by atoms with Gasteiger partial charge in [-0.1, -0.05) is 19.8 Å². The second-order valence-corrected chi connectivity index (χ2v) is 4.63. The van der Waals surface area contributed by atoms with Gasteiger partial charge in [-0.05, 0) is 37.6 Å². The molecule has 1 aliphatic carbocycles. The molecular weight excluding hydrogens is 174 g/mol. The number of nitrogens with one attached hydrogen (secondary N) is 1. The van der Waals surface area contributed by atoms with E-state index in [9.17, 15) is 0 Å². The molecule has 0 unspecified atom stereocenters. The maximum Gasteiger partial charge on any atom is 0.0468 e. The van der Waals surface area contributed by atoms with Crippen molar-refractivity contribution in [2.45, 2.75) is 45.4 Å². The van der Waals surface area contributed by atoms with Crippen LogP contribution in [0.15, 0.2) is 0 Å². The third-order valence-electron chi connectivity index (χ3n) is 3.46. The van der Waals surface area contributed by atoms with E-state index in [2.05, 4.69) is 12.2 Å². The zero-order chi connectivity index (χ0) is 10.3. The molecule has 1 saturated carbocycles. The Kier molecular flexibility index (Phi) is 5.49. The molecule has 0 heterocycles. The number of unbranched alkanes of at least 4 members (excludes halogenated alkanes) is 1. The number of methoxy groups -OCH3 is 1. The zero-order valence-corrected chi connectivity index (χ0v) is 9.77. The second-order valence-electron chi connectivity index (χ2n) is 4.63. The van der Waals surface area contributed by atoms with Crippen molar-refractivity contribution in [3.8, 4) is 0 Å². The molecule has 1 rings (SSSR count). The van der Waals surface area contributed by atoms with Crippen LogP contribution in [0.2, 0.25) is 0 Å². The van der Waals surface area contributed by atoms with E-state index >= 15 is 0 Å². The van der Waals surface area contributed by atoms with Crippen LogP contribution in [0.3, 0.4) is 0 Å². The summed E-state index contributed by atoms with van der Waals surface area (Å²) in [6.07, 6.45) is 8.05. The molecule has 1 N–H and O–H groups in total. The number of hydrogen-bond acceptors (Lipinski definition) is 2. The quantitative estimate of drug-likeness (QED) is 0.607. The zero-order valence-electron chi connectivity index (χ0n) is 9.77. The molecule has 1 aliphatic rings. The Morgan fingerprint density at radius 2 is 2.14 bits per heavy atom. The van der Waals surface area contributed by atoms with Crippen molar-refractivity contribution < 1.29 is 4.74 Å². The first-order chi connectivity index (χ1) is 6.83. The second kappa shape index (κ2) is 6.41. The first-order valence-corrected chi connectivity index (χ1v) is 6.03. The van der Waals surface area contributed by atoms with Gasteiger partial charge >= 0.3 is 0 Å². The van der Waals surface area contributed by atoms with Gasteiger partial charge in [0.25, 0.3) is 0 Å². The van der Waals surface area contributed by atoms with Gasteiger partial charge in [0, 0.05) is 20.3 Å². The van der Waals surface area contributed by atoms with Crippen molar-refractivity contribution in [2.75, 3.05) is 26.8 Å². The Labute approximate surface area is 88.4 Å². The summed E-state index contributed by atoms with van der Waals surface area (Å²) >= 11 is 0. The van der Waals surface area contributed by atoms with Crippen molar-refractivity contribution in [3.63, 3.8) is 0 Å². The van der Waals surface area contributed by atoms with Gasteiger partial charge in [0.1, 0.15) is 0 Å². The van der Waals surface area contributed by atoms with E-state index in [-0.39, 0.29) is 0 Å². The van der Waals surface area contributed by atoms with Gasteiger partial charge in [-0.3, -0.25) is 0 Å². The monoisotopic (exact) mass is 199 g/mol. The Hall–Kier alpha value is -0.0800. The van der Waals surface area contributed by atoms with E-state index in [0.29, 0.717) is 5.41 Å². The Morgan fingerprint density at radius 1 is 1.36 bits per heavy atom. The first-order valence-electron chi connectivity index (χ1n) is 6.03. The molecular formula is C12H25NO. The lowest BCUT2D eigenvalue weighted by Crippen LogP contribution is -2.41. The Morgan fingerprint density at radius 3 is 2.64 bits per heavy atom. The van der Waals surface area contributed by atoms with E-state index < -0.39 is 0 Å². The van der Waals surface area contributed by atoms with E-state index in [4.69, 9.17) is 4.74 Å². The Balaban J connectivity index is 2.10. The fourth-order valence-corrected chi connectivity index (χ4v) is 2.17. The molecule has 0 aliphatic heterocycles. The summed E-state index contributed by atoms with van der Waals surface area (Å²) in [6, 6.07) is 0. The summed E-state index contributed by atoms with van der Waals surface area (Å²) in [5.74, 6) is 0. The summed E-state index contributed by atoms with van der Waals surface area (Å²) in [5.41, 5.74) is 0.587. The molecule has 2 nitrogen and oxygen atoms in total. The molecule has 0 aromatic rings. The SMILES string of the molecule is CCCCNCC1(CCOC)CCC1. The summed E-state index contributed by atoms with van der Waals surface area (Å²) in [6.45, 7) is 5.56. The van der Waals surface area contributed by atoms with Crippen molar-refractivity contribution in [2.24, 2.45) is 5.41 Å². The smallest absolute Gasteiger partial charge is 0.0468 e. The van der Waals surface area contributed by atoms with Crippen LogP contribution in [-0.2, 0) is 4.74 Å². The fourth-order valence-electron chi connectivity index (χ4n) is 2.17. The van der Waals surface area contributed by atoms with Crippen molar-refractivity contribution in [1.29, 1.82) is 0 Å². The van der Waals surface area contributed by atoms with Crippen LogP contribution in [0.25, 0.3) is 0 Å². The molecule has 0 bridgehead atoms. The molecule has 0 aromatic carbocycles. The van der Waals surface area contributed by atoms with Crippen LogP contribution in [0.4, 0.5) is 0 Å². The molecule has 0 atom stereocenters. The predicted molar refractivity (Wildman–Crippen MR) is 60.6 cm³/mol. The minimum atomic E-state index is 0.587. The van der Waals surface area contributed by atoms with Crippen LogP contribution in [0.5, 0.6) is 0 Å². The van der Waals surface area contributed by atoms with E-state index in [0.717, 1.165) is 6.61 Å². The van der Waals surface area contributed by atoms with Crippen molar-refractivity contribution in [3.05, 3.63) is 0 Å². The Bertz CT molecular complexity index is 143. The lowest BCUT2D eigenvalue weighted by atomic mass is 9.67. The fraction of sp³-hybridized carbons (Fsp3) is 1.00. The van der Waals surface area contributed by atoms with Crippen LogP contribution in [0, 0.1) is 5.41 Å². The topological polar surface area (TPSA) is 21.3 Å². The highest BCUT2D eigenvalue weighted by molar-refractivity contribution is 4.89. The normalized spacial score (nSPS) is 19.3. The maximum atomic E-state index is 5.17. The summed E-state index contributed by atoms with van der Waals surface area (Å²) in [5, 5.41) is 3.58. The van der Waals surface area contributed by atoms with Crippen LogP contribution >= 0.6 is 0 Å². The molecule has 14 heavy (non-hydrogen) atoms. The summed E-state index contributed by atoms with van der Waals surface area (Å²) in [4.78, 5) is 0. The molecule has 0 saturated heterocycles. The highest BCUT2D eigenvalue weighted by atomic mass is 16.5. The molecule has 0 radical (unpaired) electrons. The number of hydrogen-bond donors (Lipinski definition) is 1. The maximum absolute atomic E-state index is 5.17. The van der Waals surface area contributed by atoms with Gasteiger partial charge < -0.3 is 10.1 Å². The van der Waals surface area contributed by atoms with Gasteiger partial charge in [0.2, 0.25) is 0 Å². The van der Waals surface area contributed by atoms with Gasteiger partial charge in [-0.25, -0.2) is 0 Å². The van der Waals surface area contributed by atoms with Gasteiger partial charge in [0.15, 0.2) is 0 Å². The number of rotatable bonds is 8. The molecule has 0 spiro atoms. The molecule has 0 amide bonds. The third-order valence-corrected chi connectivity index (χ3v) is 3.46. The summed E-state index contributed by atoms with van der Waals surface area (Å²) < 4.78 is 5.17. The van der Waals surface area contributed by atoms with E-state index in [1.54, 1.807) is 7.11 Å². The molecule has 0 aromatic heterocycles. The molecule has 2 heteroatoms. The van der Waals surface area contributed by atoms with Gasteiger partial charge in [-0.2, -0.15) is 0 Å². The number of ether oxygens (including phenoxy) is 1. The minimum Gasteiger partial charge on any atom is -0.385 e. The predicted octanol–water partition coefficient (Wildman–Crippen LogP) is 2.58. The first kappa shape index (κ1) is 12.0. The van der Waals surface area contributed by atoms with Crippen molar-refractivity contribution >= 4 is 0 Å². The largest absolute Gasteiger partial charge is 0.385 e. The van der Waals surface area contributed by atoms with Crippen LogP contribution < -0.4 is 5.32 Å².